The molecule has 1 aromatic heterocycles. The first-order valence-electron chi connectivity index (χ1n) is 13.6. The maximum Gasteiger partial charge on any atom is 0.275 e. The van der Waals surface area contributed by atoms with Gasteiger partial charge in [-0.25, -0.2) is 9.37 Å². The fraction of sp³-hybridized carbons (Fsp3) is 0.630. The van der Waals surface area contributed by atoms with Crippen molar-refractivity contribution in [1.29, 1.82) is 0 Å². The predicted molar refractivity (Wildman–Crippen MR) is 139 cm³/mol. The Morgan fingerprint density at radius 2 is 1.49 bits per heavy atom. The second-order valence-electron chi connectivity index (χ2n) is 10.5. The second-order valence-corrected chi connectivity index (χ2v) is 10.5. The summed E-state index contributed by atoms with van der Waals surface area (Å²) in [5.74, 6) is 0.205. The Morgan fingerprint density at radius 3 is 2.16 bits per heavy atom. The molecule has 0 saturated carbocycles. The van der Waals surface area contributed by atoms with Crippen LogP contribution in [-0.2, 0) is 6.54 Å². The maximum atomic E-state index is 13.2. The molecule has 0 spiro atoms. The zero-order valence-electron chi connectivity index (χ0n) is 21.6. The van der Waals surface area contributed by atoms with Gasteiger partial charge in [0.15, 0.2) is 5.69 Å². The molecule has 3 aliphatic rings. The molecule has 1 atom stereocenters. The number of aromatic nitrogens is 1. The molecule has 3 fully saturated rings. The van der Waals surface area contributed by atoms with Gasteiger partial charge in [0.2, 0.25) is 5.89 Å². The number of halogens is 1. The van der Waals surface area contributed by atoms with Crippen LogP contribution in [0, 0.1) is 5.82 Å². The lowest BCUT2D eigenvalue weighted by atomic mass is 10.1. The lowest BCUT2D eigenvalue weighted by Crippen LogP contribution is -2.50. The molecule has 0 aliphatic carbocycles. The first kappa shape index (κ1) is 26.1. The van der Waals surface area contributed by atoms with E-state index < -0.39 is 0 Å². The molecule has 2 aromatic rings. The molecule has 4 heterocycles. The number of oxazole rings is 1. The zero-order valence-corrected chi connectivity index (χ0v) is 21.6. The average Bonchev–Trinajstić information content (AvgIpc) is 3.39. The van der Waals surface area contributed by atoms with Gasteiger partial charge in [0.25, 0.3) is 5.91 Å². The predicted octanol–water partition coefficient (Wildman–Crippen LogP) is 1.74. The minimum atomic E-state index is -0.303. The van der Waals surface area contributed by atoms with Crippen molar-refractivity contribution in [3.05, 3.63) is 47.9 Å². The Balaban J connectivity index is 1.03. The number of aliphatic hydroxyl groups is 1. The van der Waals surface area contributed by atoms with Crippen molar-refractivity contribution in [2.75, 3.05) is 83.4 Å². The molecule has 0 radical (unpaired) electrons. The topological polar surface area (TPSA) is 79.5 Å². The number of benzene rings is 1. The highest BCUT2D eigenvalue weighted by Crippen LogP contribution is 2.18. The third kappa shape index (κ3) is 7.07. The number of nitrogens with zero attached hydrogens (tertiary/aromatic N) is 6. The molecular formula is C27H39FN6O3. The van der Waals surface area contributed by atoms with Crippen molar-refractivity contribution in [2.45, 2.75) is 31.9 Å². The number of β-amino-alcohol motifs (C(OH)–C–C–N with tert-alkyl or cyclic N) is 1. The molecule has 3 saturated heterocycles. The number of piperazine rings is 2. The molecule has 37 heavy (non-hydrogen) atoms. The fourth-order valence-electron chi connectivity index (χ4n) is 5.58. The largest absolute Gasteiger partial charge is 0.447 e. The van der Waals surface area contributed by atoms with E-state index in [1.165, 1.54) is 37.7 Å². The monoisotopic (exact) mass is 514 g/mol. The molecule has 1 amide bonds. The zero-order chi connectivity index (χ0) is 25.6. The SMILES string of the molecule is O=C(c1coc(CN2CCN(C[C@H](O)CN3CCCCC3)CC2)n1)N1CCN(c2ccc(F)cc2)CC1. The van der Waals surface area contributed by atoms with Crippen LogP contribution in [0.1, 0.15) is 35.6 Å². The van der Waals surface area contributed by atoms with E-state index in [9.17, 15) is 14.3 Å². The Bertz CT molecular complexity index is 996. The Morgan fingerprint density at radius 1 is 0.865 bits per heavy atom. The lowest BCUT2D eigenvalue weighted by Gasteiger charge is -2.36. The van der Waals surface area contributed by atoms with Crippen LogP contribution in [0.4, 0.5) is 10.1 Å². The molecule has 9 nitrogen and oxygen atoms in total. The van der Waals surface area contributed by atoms with Crippen LogP contribution in [-0.4, -0.2) is 120 Å². The molecule has 0 bridgehead atoms. The summed E-state index contributed by atoms with van der Waals surface area (Å²) in [4.78, 5) is 28.4. The van der Waals surface area contributed by atoms with Gasteiger partial charge in [-0.3, -0.25) is 14.6 Å². The van der Waals surface area contributed by atoms with Crippen LogP contribution < -0.4 is 4.90 Å². The van der Waals surface area contributed by atoms with Crippen molar-refractivity contribution in [3.63, 3.8) is 0 Å². The quantitative estimate of drug-likeness (QED) is 0.571. The van der Waals surface area contributed by atoms with Crippen LogP contribution in [0.3, 0.4) is 0 Å². The van der Waals surface area contributed by atoms with Crippen LogP contribution in [0.25, 0.3) is 0 Å². The third-order valence-corrected chi connectivity index (χ3v) is 7.74. The van der Waals surface area contributed by atoms with E-state index in [-0.39, 0.29) is 17.8 Å². The third-order valence-electron chi connectivity index (χ3n) is 7.74. The van der Waals surface area contributed by atoms with Crippen LogP contribution in [0.15, 0.2) is 34.9 Å². The summed E-state index contributed by atoms with van der Waals surface area (Å²) in [6.45, 7) is 10.4. The van der Waals surface area contributed by atoms with Gasteiger partial charge in [-0.1, -0.05) is 6.42 Å². The van der Waals surface area contributed by atoms with Gasteiger partial charge in [0.05, 0.1) is 12.6 Å². The number of rotatable bonds is 8. The summed E-state index contributed by atoms with van der Waals surface area (Å²) < 4.78 is 18.8. The van der Waals surface area contributed by atoms with E-state index in [4.69, 9.17) is 4.42 Å². The summed E-state index contributed by atoms with van der Waals surface area (Å²) in [5.41, 5.74) is 1.32. The minimum Gasteiger partial charge on any atom is -0.447 e. The standard InChI is InChI=1S/C27H39FN6O3/c28-22-4-6-23(7-5-22)33-14-16-34(17-15-33)27(36)25-21-37-26(29-25)20-32-12-10-31(11-13-32)19-24(35)18-30-8-2-1-3-9-30/h4-7,21,24,35H,1-3,8-20H2/t24-/m1/s1. The number of amides is 1. The number of likely N-dealkylation sites (tertiary alicyclic amines) is 1. The number of carbonyl (C=O) groups is 1. The Kier molecular flexibility index (Phi) is 8.70. The van der Waals surface area contributed by atoms with Crippen LogP contribution in [0.5, 0.6) is 0 Å². The first-order valence-corrected chi connectivity index (χ1v) is 13.6. The smallest absolute Gasteiger partial charge is 0.275 e. The summed E-state index contributed by atoms with van der Waals surface area (Å²) in [7, 11) is 0. The van der Waals surface area contributed by atoms with Gasteiger partial charge in [-0.15, -0.1) is 0 Å². The van der Waals surface area contributed by atoms with E-state index in [0.717, 1.165) is 58.0 Å². The van der Waals surface area contributed by atoms with Gasteiger partial charge in [-0.2, -0.15) is 0 Å². The normalized spacial score (nSPS) is 21.4. The van der Waals surface area contributed by atoms with Gasteiger partial charge >= 0.3 is 0 Å². The number of hydrogen-bond donors (Lipinski definition) is 1. The van der Waals surface area contributed by atoms with Crippen molar-refractivity contribution in [2.24, 2.45) is 0 Å². The molecule has 1 N–H and O–H groups in total. The minimum absolute atomic E-state index is 0.110. The first-order chi connectivity index (χ1) is 18.0. The fourth-order valence-corrected chi connectivity index (χ4v) is 5.58. The number of carbonyl (C=O) groups excluding carboxylic acids is 1. The Labute approximate surface area is 218 Å². The van der Waals surface area contributed by atoms with E-state index in [1.54, 1.807) is 17.0 Å². The van der Waals surface area contributed by atoms with E-state index in [2.05, 4.69) is 24.6 Å². The Hall–Kier alpha value is -2.53. The number of piperidine rings is 1. The summed E-state index contributed by atoms with van der Waals surface area (Å²) >= 11 is 0. The highest BCUT2D eigenvalue weighted by molar-refractivity contribution is 5.92. The molecule has 202 valence electrons. The summed E-state index contributed by atoms with van der Waals surface area (Å²) in [6, 6.07) is 6.47. The van der Waals surface area contributed by atoms with E-state index >= 15 is 0 Å². The van der Waals surface area contributed by atoms with Crippen molar-refractivity contribution >= 4 is 11.6 Å². The number of hydrogen-bond acceptors (Lipinski definition) is 8. The van der Waals surface area contributed by atoms with Gasteiger partial charge in [0, 0.05) is 71.1 Å². The lowest BCUT2D eigenvalue weighted by molar-refractivity contribution is 0.0434. The van der Waals surface area contributed by atoms with E-state index in [1.807, 2.05) is 0 Å². The summed E-state index contributed by atoms with van der Waals surface area (Å²) in [5, 5.41) is 10.5. The molecule has 1 aromatic carbocycles. The van der Waals surface area contributed by atoms with Gasteiger partial charge in [-0.05, 0) is 50.2 Å². The van der Waals surface area contributed by atoms with Gasteiger partial charge < -0.3 is 24.2 Å². The van der Waals surface area contributed by atoms with Crippen molar-refractivity contribution in [1.82, 2.24) is 24.6 Å². The molecule has 0 unspecified atom stereocenters. The maximum absolute atomic E-state index is 13.2. The highest BCUT2D eigenvalue weighted by Gasteiger charge is 2.26. The second kappa shape index (κ2) is 12.3. The van der Waals surface area contributed by atoms with Crippen molar-refractivity contribution in [3.8, 4) is 0 Å². The molecule has 3 aliphatic heterocycles. The van der Waals surface area contributed by atoms with Crippen LogP contribution >= 0.6 is 0 Å². The summed E-state index contributed by atoms with van der Waals surface area (Å²) in [6.07, 6.45) is 4.96. The molecular weight excluding hydrogens is 475 g/mol. The van der Waals surface area contributed by atoms with Gasteiger partial charge in [0.1, 0.15) is 12.1 Å². The van der Waals surface area contributed by atoms with Crippen molar-refractivity contribution < 1.29 is 18.7 Å². The number of anilines is 1. The van der Waals surface area contributed by atoms with E-state index in [0.29, 0.717) is 44.3 Å². The highest BCUT2D eigenvalue weighted by atomic mass is 19.1. The average molecular weight is 515 g/mol. The molecule has 10 heteroatoms. The molecule has 5 rings (SSSR count). The van der Waals surface area contributed by atoms with Crippen LogP contribution in [0.2, 0.25) is 0 Å². The number of aliphatic hydroxyl groups excluding tert-OH is 1.